The van der Waals surface area contributed by atoms with Crippen molar-refractivity contribution in [3.63, 3.8) is 0 Å². The summed E-state index contributed by atoms with van der Waals surface area (Å²) in [5, 5.41) is 59.4. The molecule has 2 rings (SSSR count). The zero-order chi connectivity index (χ0) is 34.6. The predicted octanol–water partition coefficient (Wildman–Crippen LogP) is 1.37. The highest BCUT2D eigenvalue weighted by molar-refractivity contribution is 5.82. The Labute approximate surface area is 274 Å². The summed E-state index contributed by atoms with van der Waals surface area (Å²) < 4.78 is 21.0. The first-order valence-electron chi connectivity index (χ1n) is 15.8. The fourth-order valence-electron chi connectivity index (χ4n) is 4.52. The van der Waals surface area contributed by atoms with Crippen molar-refractivity contribution in [2.24, 2.45) is 0 Å². The number of aliphatic hydroxyl groups excluding tert-OH is 6. The van der Waals surface area contributed by atoms with Gasteiger partial charge in [0.05, 0.1) is 37.8 Å². The molecule has 0 amide bonds. The molecule has 0 spiro atoms. The van der Waals surface area contributed by atoms with Gasteiger partial charge in [-0.05, 0) is 38.7 Å². The largest absolute Gasteiger partial charge is 0.460 e. The summed E-state index contributed by atoms with van der Waals surface area (Å²) in [7, 11) is 0. The molecule has 2 aliphatic rings. The number of carbonyl (C=O) groups excluding carboxylic acids is 3. The summed E-state index contributed by atoms with van der Waals surface area (Å²) in [6.07, 6.45) is 11.2. The van der Waals surface area contributed by atoms with Crippen molar-refractivity contribution in [1.82, 2.24) is 0 Å². The van der Waals surface area contributed by atoms with E-state index in [1.165, 1.54) is 12.2 Å². The number of hydrogen-bond donors (Lipinski definition) is 6. The molecular weight excluding hydrogens is 616 g/mol. The lowest BCUT2D eigenvalue weighted by molar-refractivity contribution is -0.292. The monoisotopic (exact) mass is 664 g/mol. The van der Waals surface area contributed by atoms with E-state index in [-0.39, 0.29) is 31.8 Å². The molecule has 0 saturated carbocycles. The Morgan fingerprint density at radius 2 is 1.49 bits per heavy atom. The average molecular weight is 665 g/mol. The molecule has 47 heavy (non-hydrogen) atoms. The van der Waals surface area contributed by atoms with Gasteiger partial charge in [-0.1, -0.05) is 60.8 Å². The molecule has 0 aromatic carbocycles. The molecule has 0 unspecified atom stereocenters. The molecular formula is C34H48O13. The number of carbonyl (C=O) groups is 3. The van der Waals surface area contributed by atoms with Crippen LogP contribution in [0.5, 0.6) is 0 Å². The summed E-state index contributed by atoms with van der Waals surface area (Å²) in [4.78, 5) is 37.0. The van der Waals surface area contributed by atoms with Crippen molar-refractivity contribution in [3.05, 3.63) is 72.9 Å². The zero-order valence-corrected chi connectivity index (χ0v) is 26.5. The minimum Gasteiger partial charge on any atom is -0.460 e. The Bertz CT molecular complexity index is 1140. The van der Waals surface area contributed by atoms with E-state index in [0.717, 1.165) is 12.8 Å². The molecule has 1 fully saturated rings. The van der Waals surface area contributed by atoms with Crippen molar-refractivity contribution in [2.75, 3.05) is 6.61 Å². The van der Waals surface area contributed by atoms with Gasteiger partial charge in [-0.2, -0.15) is 0 Å². The Balaban J connectivity index is 2.00. The minimum atomic E-state index is -1.77. The predicted molar refractivity (Wildman–Crippen MR) is 169 cm³/mol. The maximum atomic E-state index is 12.6. The lowest BCUT2D eigenvalue weighted by Gasteiger charge is -2.39. The minimum absolute atomic E-state index is 0.151. The van der Waals surface area contributed by atoms with E-state index in [4.69, 9.17) is 18.9 Å². The van der Waals surface area contributed by atoms with Crippen LogP contribution in [0.3, 0.4) is 0 Å². The van der Waals surface area contributed by atoms with Crippen molar-refractivity contribution >= 4 is 17.9 Å². The summed E-state index contributed by atoms with van der Waals surface area (Å²) in [5.74, 6) is -2.17. The van der Waals surface area contributed by atoms with Gasteiger partial charge in [0, 0.05) is 18.9 Å². The number of ether oxygens (including phenoxy) is 4. The fraction of sp³-hybridized carbons (Fsp3) is 0.559. The van der Waals surface area contributed by atoms with E-state index in [1.54, 1.807) is 48.6 Å². The Morgan fingerprint density at radius 1 is 0.830 bits per heavy atom. The second-order valence-electron chi connectivity index (χ2n) is 11.2. The second kappa shape index (κ2) is 22.2. The van der Waals surface area contributed by atoms with E-state index in [0.29, 0.717) is 6.42 Å². The van der Waals surface area contributed by atoms with E-state index >= 15 is 0 Å². The van der Waals surface area contributed by atoms with Crippen molar-refractivity contribution in [3.8, 4) is 0 Å². The Kier molecular flexibility index (Phi) is 18.8. The van der Waals surface area contributed by atoms with Gasteiger partial charge in [0.15, 0.2) is 0 Å². The molecule has 9 atom stereocenters. The fourth-order valence-corrected chi connectivity index (χ4v) is 4.52. The first kappa shape index (κ1) is 39.7. The standard InChI is InChI=1S/C34H48O13/c1-23-13-7-3-2-4-8-14-24(36)21-25(37)15-9-5-10-16-26(17-11-6-12-18-28(38)44-23)45-29(39)19-20-30(40)47-34-33(43)32(42)31(41)27(22-35)46-34/h2,4-6,8-12,14,16,18,23-27,31-37,41-43H,3,7,13,15,17,19-22H2,1H3/b4-2-,9-5-,11-6+,14-8+,16-10+,18-12-/t23-,24+,25+,26-,27-,31-,32+,33-,34+/m1/s1. The van der Waals surface area contributed by atoms with Crippen LogP contribution in [0.2, 0.25) is 0 Å². The zero-order valence-electron chi connectivity index (χ0n) is 26.5. The van der Waals surface area contributed by atoms with Gasteiger partial charge in [-0.3, -0.25) is 9.59 Å². The first-order valence-corrected chi connectivity index (χ1v) is 15.8. The number of esters is 3. The quantitative estimate of drug-likeness (QED) is 0.175. The highest BCUT2D eigenvalue weighted by Gasteiger charge is 2.45. The van der Waals surface area contributed by atoms with Crippen LogP contribution in [0, 0.1) is 0 Å². The topological polar surface area (TPSA) is 210 Å². The highest BCUT2D eigenvalue weighted by atomic mass is 16.7. The van der Waals surface area contributed by atoms with E-state index in [9.17, 15) is 45.0 Å². The summed E-state index contributed by atoms with van der Waals surface area (Å²) in [5.41, 5.74) is 0. The molecule has 13 nitrogen and oxygen atoms in total. The molecule has 13 heteroatoms. The highest BCUT2D eigenvalue weighted by Crippen LogP contribution is 2.22. The lowest BCUT2D eigenvalue weighted by atomic mass is 9.99. The summed E-state index contributed by atoms with van der Waals surface area (Å²) in [6, 6.07) is 0. The van der Waals surface area contributed by atoms with Crippen LogP contribution in [-0.4, -0.2) is 110 Å². The number of rotatable bonds is 6. The van der Waals surface area contributed by atoms with E-state index in [2.05, 4.69) is 0 Å². The maximum Gasteiger partial charge on any atom is 0.331 e. The van der Waals surface area contributed by atoms with Gasteiger partial charge >= 0.3 is 17.9 Å². The normalized spacial score (nSPS) is 36.0. The molecule has 262 valence electrons. The molecule has 0 aliphatic carbocycles. The molecule has 0 radical (unpaired) electrons. The molecule has 1 saturated heterocycles. The van der Waals surface area contributed by atoms with Crippen LogP contribution < -0.4 is 0 Å². The number of cyclic esters (lactones) is 1. The van der Waals surface area contributed by atoms with Crippen molar-refractivity contribution < 1.29 is 64.0 Å². The molecule has 0 aromatic rings. The number of aliphatic hydroxyl groups is 6. The third kappa shape index (κ3) is 16.3. The maximum absolute atomic E-state index is 12.6. The molecule has 0 aromatic heterocycles. The van der Waals surface area contributed by atoms with Gasteiger partial charge in [-0.15, -0.1) is 0 Å². The second-order valence-corrected chi connectivity index (χ2v) is 11.2. The number of allylic oxidation sites excluding steroid dienone is 7. The molecule has 6 N–H and O–H groups in total. The van der Waals surface area contributed by atoms with Crippen LogP contribution >= 0.6 is 0 Å². The summed E-state index contributed by atoms with van der Waals surface area (Å²) in [6.45, 7) is 1.12. The molecule has 2 heterocycles. The lowest BCUT2D eigenvalue weighted by Crippen LogP contribution is -2.59. The van der Waals surface area contributed by atoms with E-state index < -0.39 is 80.0 Å². The smallest absolute Gasteiger partial charge is 0.331 e. The third-order valence-electron chi connectivity index (χ3n) is 7.13. The van der Waals surface area contributed by atoms with Crippen LogP contribution in [0.1, 0.15) is 58.3 Å². The SMILES string of the molecule is C[C@@H]1CCC/C=C\C=C\[C@H](O)C[C@@H](O)C/C=C\C=C\[C@@H](OC(=O)CCC(=O)O[C@@H]2O[C@H](CO)[C@@H](O)[C@H](O)[C@H]2O)C/C=C/C=C\C(=O)O1. The van der Waals surface area contributed by atoms with Gasteiger partial charge in [0.2, 0.25) is 6.29 Å². The van der Waals surface area contributed by atoms with E-state index in [1.807, 2.05) is 19.1 Å². The van der Waals surface area contributed by atoms with Crippen LogP contribution in [0.4, 0.5) is 0 Å². The third-order valence-corrected chi connectivity index (χ3v) is 7.13. The van der Waals surface area contributed by atoms with Crippen LogP contribution in [0.25, 0.3) is 0 Å². The van der Waals surface area contributed by atoms with Crippen molar-refractivity contribution in [1.29, 1.82) is 0 Å². The summed E-state index contributed by atoms with van der Waals surface area (Å²) >= 11 is 0. The van der Waals surface area contributed by atoms with Gasteiger partial charge in [0.1, 0.15) is 30.5 Å². The van der Waals surface area contributed by atoms with Gasteiger partial charge in [0.25, 0.3) is 0 Å². The number of hydrogen-bond acceptors (Lipinski definition) is 13. The van der Waals surface area contributed by atoms with Crippen molar-refractivity contribution in [2.45, 2.75) is 113 Å². The Hall–Kier alpha value is -3.43. The first-order chi connectivity index (χ1) is 22.5. The van der Waals surface area contributed by atoms with Crippen LogP contribution in [0.15, 0.2) is 72.9 Å². The average Bonchev–Trinajstić information content (AvgIpc) is 3.02. The van der Waals surface area contributed by atoms with Gasteiger partial charge in [-0.25, -0.2) is 4.79 Å². The van der Waals surface area contributed by atoms with Gasteiger partial charge < -0.3 is 49.6 Å². The van der Waals surface area contributed by atoms with Crippen LogP contribution in [-0.2, 0) is 33.3 Å². The molecule has 0 bridgehead atoms. The molecule has 2 aliphatic heterocycles. The Morgan fingerprint density at radius 3 is 2.23 bits per heavy atom.